The Labute approximate surface area is 103 Å². The van der Waals surface area contributed by atoms with E-state index in [1.807, 2.05) is 0 Å². The summed E-state index contributed by atoms with van der Waals surface area (Å²) in [5, 5.41) is 0. The molecule has 0 radical (unpaired) electrons. The predicted molar refractivity (Wildman–Crippen MR) is 72.6 cm³/mol. The maximum Gasteiger partial charge on any atom is 0.155 e. The zero-order chi connectivity index (χ0) is 11.5. The lowest BCUT2D eigenvalue weighted by atomic mass is 10.7. The Bertz CT molecular complexity index is 215. The van der Waals surface area contributed by atoms with Gasteiger partial charge in [-0.15, -0.1) is 23.5 Å². The fourth-order valence-electron chi connectivity index (χ4n) is 0.633. The molecule has 2 nitrogen and oxygen atoms in total. The minimum absolute atomic E-state index is 0.583. The van der Waals surface area contributed by atoms with Crippen molar-refractivity contribution in [2.45, 2.75) is 0 Å². The van der Waals surface area contributed by atoms with Crippen molar-refractivity contribution in [2.24, 2.45) is 0 Å². The molecule has 0 heterocycles. The smallest absolute Gasteiger partial charge is 0.155 e. The normalized spacial score (nSPS) is 9.60. The number of allylic oxidation sites excluding steroid dienone is 2. The van der Waals surface area contributed by atoms with Crippen LogP contribution in [-0.4, -0.2) is 35.6 Å². The third-order valence-electron chi connectivity index (χ3n) is 1.29. The van der Waals surface area contributed by atoms with Gasteiger partial charge in [-0.1, -0.05) is 13.2 Å². The molecule has 0 aliphatic carbocycles. The molecule has 0 N–H and O–H groups in total. The van der Waals surface area contributed by atoms with E-state index in [0.29, 0.717) is 9.81 Å². The standard InChI is InChI=1S/C10H14O2S3/c1-9(7-11)14-5-3-13-4-6-15-10(2)8-12/h7-8H,1-6H2. The van der Waals surface area contributed by atoms with Gasteiger partial charge in [0.15, 0.2) is 12.6 Å². The molecule has 0 aromatic rings. The predicted octanol–water partition coefficient (Wildman–Crippen LogP) is 2.61. The molecular formula is C10H14O2S3. The van der Waals surface area contributed by atoms with Crippen LogP contribution in [0.25, 0.3) is 0 Å². The SMILES string of the molecule is C=C(C=O)SCCSCCSC(=C)C=O. The van der Waals surface area contributed by atoms with Gasteiger partial charge in [0, 0.05) is 32.8 Å². The summed E-state index contributed by atoms with van der Waals surface area (Å²) in [4.78, 5) is 21.6. The third-order valence-corrected chi connectivity index (χ3v) is 4.55. The van der Waals surface area contributed by atoms with Gasteiger partial charge in [0.05, 0.1) is 0 Å². The van der Waals surface area contributed by atoms with Crippen LogP contribution in [0.1, 0.15) is 0 Å². The van der Waals surface area contributed by atoms with E-state index < -0.39 is 0 Å². The van der Waals surface area contributed by atoms with E-state index in [0.717, 1.165) is 35.6 Å². The fourth-order valence-corrected chi connectivity index (χ4v) is 3.11. The lowest BCUT2D eigenvalue weighted by Gasteiger charge is -2.00. The Hall–Kier alpha value is -0.130. The molecule has 0 aliphatic rings. The van der Waals surface area contributed by atoms with Crippen LogP contribution < -0.4 is 0 Å². The van der Waals surface area contributed by atoms with E-state index in [1.54, 1.807) is 11.8 Å². The van der Waals surface area contributed by atoms with Gasteiger partial charge in [0.2, 0.25) is 0 Å². The van der Waals surface area contributed by atoms with E-state index >= 15 is 0 Å². The van der Waals surface area contributed by atoms with Crippen LogP contribution in [0.2, 0.25) is 0 Å². The van der Waals surface area contributed by atoms with Crippen LogP contribution in [0, 0.1) is 0 Å². The van der Waals surface area contributed by atoms with E-state index in [2.05, 4.69) is 13.2 Å². The number of hydrogen-bond donors (Lipinski definition) is 0. The average molecular weight is 262 g/mol. The molecule has 0 aromatic carbocycles. The van der Waals surface area contributed by atoms with Crippen LogP contribution in [0.3, 0.4) is 0 Å². The second-order valence-electron chi connectivity index (χ2n) is 2.48. The Balaban J connectivity index is 3.18. The summed E-state index contributed by atoms with van der Waals surface area (Å²) >= 11 is 4.77. The summed E-state index contributed by atoms with van der Waals surface area (Å²) < 4.78 is 0. The Morgan fingerprint density at radius 1 is 0.867 bits per heavy atom. The van der Waals surface area contributed by atoms with Gasteiger partial charge >= 0.3 is 0 Å². The quantitative estimate of drug-likeness (QED) is 0.343. The molecule has 5 heteroatoms. The molecule has 84 valence electrons. The van der Waals surface area contributed by atoms with Crippen molar-refractivity contribution in [2.75, 3.05) is 23.0 Å². The van der Waals surface area contributed by atoms with Crippen molar-refractivity contribution in [3.05, 3.63) is 23.0 Å². The van der Waals surface area contributed by atoms with E-state index in [9.17, 15) is 9.59 Å². The van der Waals surface area contributed by atoms with Crippen molar-refractivity contribution in [3.63, 3.8) is 0 Å². The van der Waals surface area contributed by atoms with Crippen molar-refractivity contribution in [3.8, 4) is 0 Å². The second-order valence-corrected chi connectivity index (χ2v) is 6.14. The van der Waals surface area contributed by atoms with Gasteiger partial charge in [0.25, 0.3) is 0 Å². The number of aldehydes is 2. The van der Waals surface area contributed by atoms with E-state index in [4.69, 9.17) is 0 Å². The van der Waals surface area contributed by atoms with Gasteiger partial charge in [-0.2, -0.15) is 11.8 Å². The molecule has 0 saturated heterocycles. The second kappa shape index (κ2) is 10.4. The third kappa shape index (κ3) is 10.2. The number of carbonyl (C=O) groups is 2. The van der Waals surface area contributed by atoms with Crippen molar-refractivity contribution in [1.29, 1.82) is 0 Å². The molecule has 0 spiro atoms. The molecule has 0 fully saturated rings. The highest BCUT2D eigenvalue weighted by atomic mass is 32.2. The monoisotopic (exact) mass is 262 g/mol. The van der Waals surface area contributed by atoms with Crippen LogP contribution in [0.15, 0.2) is 23.0 Å². The molecule has 0 unspecified atom stereocenters. The summed E-state index contributed by atoms with van der Waals surface area (Å²) in [5.74, 6) is 3.79. The zero-order valence-electron chi connectivity index (χ0n) is 8.44. The van der Waals surface area contributed by atoms with Gasteiger partial charge in [-0.05, 0) is 0 Å². The lowest BCUT2D eigenvalue weighted by molar-refractivity contribution is -0.105. The lowest BCUT2D eigenvalue weighted by Crippen LogP contribution is -1.91. The van der Waals surface area contributed by atoms with E-state index in [-0.39, 0.29) is 0 Å². The van der Waals surface area contributed by atoms with Gasteiger partial charge < -0.3 is 0 Å². The average Bonchev–Trinajstić information content (AvgIpc) is 2.26. The van der Waals surface area contributed by atoms with Crippen molar-refractivity contribution >= 4 is 47.9 Å². The highest BCUT2D eigenvalue weighted by Crippen LogP contribution is 2.16. The first-order chi connectivity index (χ1) is 7.20. The first-order valence-electron chi connectivity index (χ1n) is 4.32. The highest BCUT2D eigenvalue weighted by molar-refractivity contribution is 8.07. The number of thioether (sulfide) groups is 3. The van der Waals surface area contributed by atoms with Gasteiger partial charge in [0.1, 0.15) is 0 Å². The number of rotatable bonds is 10. The van der Waals surface area contributed by atoms with Crippen LogP contribution in [0.5, 0.6) is 0 Å². The molecule has 0 saturated carbocycles. The summed E-state index contributed by atoms with van der Waals surface area (Å²) in [5.41, 5.74) is 0. The van der Waals surface area contributed by atoms with Crippen molar-refractivity contribution in [1.82, 2.24) is 0 Å². The topological polar surface area (TPSA) is 34.1 Å². The Morgan fingerprint density at radius 3 is 1.60 bits per heavy atom. The van der Waals surface area contributed by atoms with Gasteiger partial charge in [-0.3, -0.25) is 9.59 Å². The molecule has 0 atom stereocenters. The molecule has 0 amide bonds. The molecule has 0 aliphatic heterocycles. The number of carbonyl (C=O) groups excluding carboxylic acids is 2. The summed E-state index contributed by atoms with van der Waals surface area (Å²) in [6, 6.07) is 0. The van der Waals surface area contributed by atoms with Gasteiger partial charge in [-0.25, -0.2) is 0 Å². The molecule has 0 aromatic heterocycles. The molecule has 0 bridgehead atoms. The summed E-state index contributed by atoms with van der Waals surface area (Å²) in [6.07, 6.45) is 1.55. The molecular weight excluding hydrogens is 248 g/mol. The first-order valence-corrected chi connectivity index (χ1v) is 7.44. The van der Waals surface area contributed by atoms with Crippen LogP contribution in [-0.2, 0) is 9.59 Å². The summed E-state index contributed by atoms with van der Waals surface area (Å²) in [7, 11) is 0. The highest BCUT2D eigenvalue weighted by Gasteiger charge is 1.95. The van der Waals surface area contributed by atoms with Crippen molar-refractivity contribution < 1.29 is 9.59 Å². The first kappa shape index (κ1) is 14.9. The largest absolute Gasteiger partial charge is 0.297 e. The van der Waals surface area contributed by atoms with Crippen LogP contribution >= 0.6 is 35.3 Å². The zero-order valence-corrected chi connectivity index (χ0v) is 10.9. The Kier molecular flexibility index (Phi) is 10.3. The Morgan fingerprint density at radius 2 is 1.27 bits per heavy atom. The van der Waals surface area contributed by atoms with E-state index in [1.165, 1.54) is 23.5 Å². The molecule has 15 heavy (non-hydrogen) atoms. The maximum atomic E-state index is 10.2. The summed E-state index contributed by atoms with van der Waals surface area (Å²) in [6.45, 7) is 7.15. The number of hydrogen-bond acceptors (Lipinski definition) is 5. The minimum Gasteiger partial charge on any atom is -0.297 e. The fraction of sp³-hybridized carbons (Fsp3) is 0.400. The van der Waals surface area contributed by atoms with Crippen LogP contribution in [0.4, 0.5) is 0 Å². The molecule has 0 rings (SSSR count). The minimum atomic E-state index is 0.583. The maximum absolute atomic E-state index is 10.2.